The number of halogens is 1. The molecular weight excluding hydrogens is 808 g/mol. The molecule has 2 aliphatic carbocycles. The van der Waals surface area contributed by atoms with Gasteiger partial charge in [-0.15, -0.1) is 0 Å². The second-order valence-corrected chi connectivity index (χ2v) is 19.1. The van der Waals surface area contributed by atoms with Gasteiger partial charge in [0, 0.05) is 100 Å². The van der Waals surface area contributed by atoms with Crippen LogP contribution in [0.3, 0.4) is 0 Å². The Morgan fingerprint density at radius 3 is 1.70 bits per heavy atom. The molecule has 8 rings (SSSR count). The third kappa shape index (κ3) is 13.9. The molecule has 2 saturated carbocycles. The number of rotatable bonds is 12. The molecule has 2 amide bonds. The van der Waals surface area contributed by atoms with Gasteiger partial charge >= 0.3 is 0 Å². The molecule has 13 heteroatoms. The topological polar surface area (TPSA) is 168 Å². The lowest BCUT2D eigenvalue weighted by atomic mass is 9.83. The summed E-state index contributed by atoms with van der Waals surface area (Å²) in [5.74, 6) is 4.30. The summed E-state index contributed by atoms with van der Waals surface area (Å²) in [6, 6.07) is 19.2. The lowest BCUT2D eigenvalue weighted by Gasteiger charge is -2.32. The minimum absolute atomic E-state index is 0.161. The Hall–Kier alpha value is -4.65. The van der Waals surface area contributed by atoms with Crippen LogP contribution in [0.2, 0.25) is 5.02 Å². The quantitative estimate of drug-likeness (QED) is 0.109. The molecule has 338 valence electrons. The Balaban J connectivity index is 0.000000189. The molecule has 6 heterocycles. The summed E-state index contributed by atoms with van der Waals surface area (Å²) in [7, 11) is 0. The van der Waals surface area contributed by atoms with Crippen molar-refractivity contribution in [3.05, 3.63) is 83.4 Å². The Morgan fingerprint density at radius 1 is 0.651 bits per heavy atom. The third-order valence-corrected chi connectivity index (χ3v) is 14.0. The molecule has 0 aromatic carbocycles. The number of carbonyl (C=O) groups excluding carboxylic acids is 2. The van der Waals surface area contributed by atoms with Gasteiger partial charge in [-0.1, -0.05) is 23.7 Å². The van der Waals surface area contributed by atoms with Crippen molar-refractivity contribution in [2.24, 2.45) is 35.1 Å². The summed E-state index contributed by atoms with van der Waals surface area (Å²) < 4.78 is 0. The van der Waals surface area contributed by atoms with Gasteiger partial charge in [-0.25, -0.2) is 9.97 Å². The molecule has 12 nitrogen and oxygen atoms in total. The van der Waals surface area contributed by atoms with Crippen molar-refractivity contribution < 1.29 is 9.59 Å². The van der Waals surface area contributed by atoms with Crippen molar-refractivity contribution in [3.63, 3.8) is 0 Å². The first-order valence-electron chi connectivity index (χ1n) is 23.6. The number of hydrogen-bond donors (Lipinski definition) is 4. The summed E-state index contributed by atoms with van der Waals surface area (Å²) in [6.07, 6.45) is 19.2. The number of likely N-dealkylation sites (tertiary alicyclic amines) is 2. The Kier molecular flexibility index (Phi) is 16.8. The van der Waals surface area contributed by atoms with Crippen molar-refractivity contribution in [3.8, 4) is 22.5 Å². The number of anilines is 2. The van der Waals surface area contributed by atoms with E-state index in [0.29, 0.717) is 40.8 Å². The molecule has 2 aliphatic heterocycles. The van der Waals surface area contributed by atoms with Crippen LogP contribution < -0.4 is 22.1 Å². The number of piperidine rings is 2. The van der Waals surface area contributed by atoms with Gasteiger partial charge in [0.05, 0.1) is 16.4 Å². The molecule has 2 atom stereocenters. The van der Waals surface area contributed by atoms with Crippen LogP contribution in [0.5, 0.6) is 0 Å². The van der Waals surface area contributed by atoms with Gasteiger partial charge in [0.25, 0.3) is 0 Å². The maximum Gasteiger partial charge on any atom is 0.219 e. The van der Waals surface area contributed by atoms with E-state index in [-0.39, 0.29) is 11.8 Å². The standard InChI is InChI=1S/C25H34ClN5O.C25H35N5O/c1-17(32)31-11-3-4-19(16-31)14-29-25-6-2-5-24(30-25)22-13-21(28-15-23(22)26)12-18-7-9-20(27)10-8-18;1-18(31)30-13-3-4-20(17-30)16-28-25-6-2-5-24(29-25)21-11-12-27-23(15-21)14-19-7-9-22(26)10-8-19/h2,5-6,13,15,18-20H,3-4,7-12,14,16,27H2,1H3,(H,29,30);2,5-6,11-12,15,19-20,22H,3-4,7-10,13-14,16-17,26H2,1H3,(H,28,29)/t18?,19-,20?;19?,20-,22?/m11/s1. The normalized spacial score (nSPS) is 23.9. The van der Waals surface area contributed by atoms with Crippen molar-refractivity contribution >= 4 is 35.1 Å². The first kappa shape index (κ1) is 46.3. The highest BCUT2D eigenvalue weighted by atomic mass is 35.5. The SMILES string of the molecule is CC(=O)N1CCC[C@H](CNc2cccc(-c3cc(CC4CCC(N)CC4)ncc3Cl)n2)C1.CC(=O)N1CCC[C@H](CNc2cccc(-c3ccnc(CC4CCC(N)CC4)c3)n2)C1. The number of nitrogens with two attached hydrogens (primary N) is 2. The number of nitrogens with one attached hydrogen (secondary N) is 2. The lowest BCUT2D eigenvalue weighted by molar-refractivity contribution is -0.131. The molecule has 0 bridgehead atoms. The zero-order valence-corrected chi connectivity index (χ0v) is 38.2. The summed E-state index contributed by atoms with van der Waals surface area (Å²) >= 11 is 6.51. The van der Waals surface area contributed by atoms with Gasteiger partial charge < -0.3 is 31.9 Å². The highest BCUT2D eigenvalue weighted by Gasteiger charge is 2.24. The highest BCUT2D eigenvalue weighted by Crippen LogP contribution is 2.32. The van der Waals surface area contributed by atoms with Crippen LogP contribution in [0.4, 0.5) is 11.6 Å². The van der Waals surface area contributed by atoms with Gasteiger partial charge in [0.15, 0.2) is 0 Å². The molecule has 4 aromatic heterocycles. The van der Waals surface area contributed by atoms with E-state index in [9.17, 15) is 9.59 Å². The van der Waals surface area contributed by atoms with Crippen molar-refractivity contribution in [1.82, 2.24) is 29.7 Å². The second kappa shape index (κ2) is 22.8. The van der Waals surface area contributed by atoms with E-state index in [1.165, 1.54) is 25.7 Å². The molecule has 4 aromatic rings. The number of pyridine rings is 4. The molecule has 0 unspecified atom stereocenters. The number of nitrogens with zero attached hydrogens (tertiary/aromatic N) is 6. The highest BCUT2D eigenvalue weighted by molar-refractivity contribution is 6.33. The van der Waals surface area contributed by atoms with Gasteiger partial charge in [-0.2, -0.15) is 0 Å². The van der Waals surface area contributed by atoms with Crippen LogP contribution in [-0.2, 0) is 22.4 Å². The van der Waals surface area contributed by atoms with Crippen molar-refractivity contribution in [1.29, 1.82) is 0 Å². The monoisotopic (exact) mass is 877 g/mol. The average molecular weight is 878 g/mol. The summed E-state index contributed by atoms with van der Waals surface area (Å²) in [5, 5.41) is 7.58. The van der Waals surface area contributed by atoms with Gasteiger partial charge in [-0.3, -0.25) is 19.6 Å². The van der Waals surface area contributed by atoms with Crippen molar-refractivity contribution in [2.45, 2.75) is 116 Å². The number of hydrogen-bond acceptors (Lipinski definition) is 10. The van der Waals surface area contributed by atoms with Gasteiger partial charge in [-0.05, 0) is 156 Å². The van der Waals surface area contributed by atoms with Crippen LogP contribution >= 0.6 is 11.6 Å². The molecule has 0 radical (unpaired) electrons. The smallest absolute Gasteiger partial charge is 0.219 e. The zero-order chi connectivity index (χ0) is 44.1. The number of aromatic nitrogens is 4. The Labute approximate surface area is 379 Å². The first-order chi connectivity index (χ1) is 30.5. The molecule has 4 fully saturated rings. The minimum atomic E-state index is 0.161. The van der Waals surface area contributed by atoms with E-state index in [2.05, 4.69) is 44.9 Å². The third-order valence-electron chi connectivity index (χ3n) is 13.6. The van der Waals surface area contributed by atoms with E-state index in [0.717, 1.165) is 149 Å². The minimum Gasteiger partial charge on any atom is -0.370 e. The van der Waals surface area contributed by atoms with Crippen LogP contribution in [-0.4, -0.2) is 92.9 Å². The Morgan fingerprint density at radius 2 is 1.16 bits per heavy atom. The summed E-state index contributed by atoms with van der Waals surface area (Å²) in [5.41, 5.74) is 18.2. The molecular formula is C50H69ClN10O2. The van der Waals surface area contributed by atoms with Crippen LogP contribution in [0.25, 0.3) is 22.5 Å². The molecule has 63 heavy (non-hydrogen) atoms. The molecule has 6 N–H and O–H groups in total. The summed E-state index contributed by atoms with van der Waals surface area (Å²) in [4.78, 5) is 46.1. The maximum atomic E-state index is 11.7. The fraction of sp³-hybridized carbons (Fsp3) is 0.560. The van der Waals surface area contributed by atoms with Gasteiger partial charge in [0.1, 0.15) is 11.6 Å². The number of carbonyl (C=O) groups is 2. The molecule has 4 aliphatic rings. The van der Waals surface area contributed by atoms with E-state index in [1.54, 1.807) is 20.0 Å². The molecule has 2 saturated heterocycles. The van der Waals surface area contributed by atoms with E-state index in [1.807, 2.05) is 46.3 Å². The average Bonchev–Trinajstić information content (AvgIpc) is 3.30. The predicted octanol–water partition coefficient (Wildman–Crippen LogP) is 8.40. The largest absolute Gasteiger partial charge is 0.370 e. The Bertz CT molecular complexity index is 2100. The van der Waals surface area contributed by atoms with E-state index >= 15 is 0 Å². The van der Waals surface area contributed by atoms with Crippen molar-refractivity contribution in [2.75, 3.05) is 49.9 Å². The molecule has 0 spiro atoms. The fourth-order valence-electron chi connectivity index (χ4n) is 9.83. The van der Waals surface area contributed by atoms with Crippen LogP contribution in [0.15, 0.2) is 67.0 Å². The second-order valence-electron chi connectivity index (χ2n) is 18.7. The number of amides is 2. The maximum absolute atomic E-state index is 11.7. The van der Waals surface area contributed by atoms with Crippen LogP contribution in [0, 0.1) is 23.7 Å². The predicted molar refractivity (Wildman–Crippen MR) is 254 cm³/mol. The fourth-order valence-corrected chi connectivity index (χ4v) is 10.0. The summed E-state index contributed by atoms with van der Waals surface area (Å²) in [6.45, 7) is 8.36. The lowest BCUT2D eigenvalue weighted by Crippen LogP contribution is -2.40. The van der Waals surface area contributed by atoms with E-state index < -0.39 is 0 Å². The van der Waals surface area contributed by atoms with Gasteiger partial charge in [0.2, 0.25) is 11.8 Å². The van der Waals surface area contributed by atoms with Crippen LogP contribution in [0.1, 0.15) is 102 Å². The first-order valence-corrected chi connectivity index (χ1v) is 24.0. The van der Waals surface area contributed by atoms with E-state index in [4.69, 9.17) is 33.0 Å². The zero-order valence-electron chi connectivity index (χ0n) is 37.5.